The second-order valence-corrected chi connectivity index (χ2v) is 12.3. The molecule has 3 heterocycles. The van der Waals surface area contributed by atoms with Crippen molar-refractivity contribution in [2.75, 3.05) is 33.0 Å². The van der Waals surface area contributed by atoms with Crippen molar-refractivity contribution >= 4 is 34.3 Å². The normalized spacial score (nSPS) is 11.6. The maximum atomic E-state index is 13.6. The molecule has 0 atom stereocenters. The maximum Gasteiger partial charge on any atom is 0.326 e. The number of rotatable bonds is 13. The molecule has 15 nitrogen and oxygen atoms in total. The molecular weight excluding hydrogens is 664 g/mol. The summed E-state index contributed by atoms with van der Waals surface area (Å²) >= 11 is 0. The second-order valence-electron chi connectivity index (χ2n) is 12.3. The highest BCUT2D eigenvalue weighted by Crippen LogP contribution is 2.33. The van der Waals surface area contributed by atoms with E-state index in [-0.39, 0.29) is 53.4 Å². The zero-order valence-corrected chi connectivity index (χ0v) is 29.6. The van der Waals surface area contributed by atoms with Crippen molar-refractivity contribution in [3.05, 3.63) is 123 Å². The number of nitrogens with one attached hydrogen (secondary N) is 2. The van der Waals surface area contributed by atoms with Crippen LogP contribution < -0.4 is 26.3 Å². The van der Waals surface area contributed by atoms with Gasteiger partial charge < -0.3 is 25.7 Å². The van der Waals surface area contributed by atoms with Gasteiger partial charge in [-0.1, -0.05) is 12.1 Å². The Morgan fingerprint density at radius 1 is 0.827 bits per heavy atom. The van der Waals surface area contributed by atoms with Crippen molar-refractivity contribution in [3.63, 3.8) is 0 Å². The van der Waals surface area contributed by atoms with E-state index in [2.05, 4.69) is 31.1 Å². The molecular formula is C37H41N10O5+. The minimum absolute atomic E-state index is 0.106. The average molecular weight is 706 g/mol. The Bertz CT molecular complexity index is 2250. The van der Waals surface area contributed by atoms with Gasteiger partial charge in [0.05, 0.1) is 23.6 Å². The molecule has 0 fully saturated rings. The standard InChI is InChI=1S/C37H40N10O5/c1-24-21-30(48)47(23-38-3)35(50)31(24)42-40-27-15-13-26(14-16-27)34(49)39-28-11-9-12-29(22-28)41-43-32-25(2)33(45-18-7-6-8-19-45)37(52)46(36(32)51)20-10-17-44(4)5/h6-9,11-16,18-19,21-22,38H,10,17,20,23H2,1-5H3,(H2-,39,40,41,48,49,50,51,52)/p+1. The van der Waals surface area contributed by atoms with Crippen LogP contribution in [-0.4, -0.2) is 57.8 Å². The quantitative estimate of drug-likeness (QED) is 0.0918. The third-order valence-electron chi connectivity index (χ3n) is 8.11. The summed E-state index contributed by atoms with van der Waals surface area (Å²) in [5.74, 6) is -0.959. The first-order chi connectivity index (χ1) is 25.0. The summed E-state index contributed by atoms with van der Waals surface area (Å²) in [6.07, 6.45) is 4.16. The van der Waals surface area contributed by atoms with Crippen LogP contribution in [0.15, 0.2) is 115 Å². The highest BCUT2D eigenvalue weighted by Gasteiger charge is 2.25. The Balaban J connectivity index is 1.34. The number of nitrogens with zero attached hydrogens (tertiary/aromatic N) is 8. The average Bonchev–Trinajstić information content (AvgIpc) is 3.12. The van der Waals surface area contributed by atoms with Crippen LogP contribution in [0.5, 0.6) is 11.8 Å². The summed E-state index contributed by atoms with van der Waals surface area (Å²) in [7, 11) is 5.54. The van der Waals surface area contributed by atoms with Crippen molar-refractivity contribution < 1.29 is 19.6 Å². The van der Waals surface area contributed by atoms with Crippen LogP contribution in [0.1, 0.15) is 27.9 Å². The summed E-state index contributed by atoms with van der Waals surface area (Å²) in [5, 5.41) is 44.5. The van der Waals surface area contributed by atoms with Gasteiger partial charge in [-0.05, 0) is 96.0 Å². The molecule has 0 bridgehead atoms. The Labute approximate surface area is 299 Å². The van der Waals surface area contributed by atoms with Crippen LogP contribution in [0.4, 0.5) is 28.4 Å². The molecule has 0 saturated heterocycles. The van der Waals surface area contributed by atoms with Crippen LogP contribution in [0, 0.1) is 13.8 Å². The van der Waals surface area contributed by atoms with Crippen molar-refractivity contribution in [1.82, 2.24) is 19.4 Å². The van der Waals surface area contributed by atoms with E-state index in [0.29, 0.717) is 45.9 Å². The van der Waals surface area contributed by atoms with E-state index in [0.717, 1.165) is 11.1 Å². The SMILES string of the molecule is CNCn1c(O)c(N=Nc2ccc(C(=O)Nc3cccc(N=Nc4c(C)c(-[n+]5ccccc5)c(=O)n(CCCN(C)C)c4O)c3)cc2)c(C)cc1=O. The molecule has 0 radical (unpaired) electrons. The highest BCUT2D eigenvalue weighted by molar-refractivity contribution is 6.04. The number of anilines is 1. The van der Waals surface area contributed by atoms with Gasteiger partial charge >= 0.3 is 5.56 Å². The van der Waals surface area contributed by atoms with E-state index in [4.69, 9.17) is 0 Å². The van der Waals surface area contributed by atoms with Crippen LogP contribution in [-0.2, 0) is 13.2 Å². The van der Waals surface area contributed by atoms with E-state index >= 15 is 0 Å². The molecule has 0 unspecified atom stereocenters. The smallest absolute Gasteiger partial charge is 0.326 e. The molecule has 0 aliphatic carbocycles. The molecule has 4 N–H and O–H groups in total. The number of hydrogen-bond donors (Lipinski definition) is 4. The number of aromatic hydroxyl groups is 2. The Morgan fingerprint density at radius 2 is 1.50 bits per heavy atom. The number of amides is 1. The molecule has 268 valence electrons. The first-order valence-corrected chi connectivity index (χ1v) is 16.5. The topological polar surface area (TPSA) is 182 Å². The lowest BCUT2D eigenvalue weighted by Gasteiger charge is -2.14. The van der Waals surface area contributed by atoms with Gasteiger partial charge in [0.2, 0.25) is 11.8 Å². The summed E-state index contributed by atoms with van der Waals surface area (Å²) in [5.41, 5.74) is 2.56. The number of pyridine rings is 3. The fraction of sp³-hybridized carbons (Fsp3) is 0.243. The van der Waals surface area contributed by atoms with E-state index in [1.54, 1.807) is 86.4 Å². The number of carbonyl (C=O) groups excluding carboxylic acids is 1. The highest BCUT2D eigenvalue weighted by atomic mass is 16.3. The number of carbonyl (C=O) groups is 1. The fourth-order valence-electron chi connectivity index (χ4n) is 5.43. The molecule has 52 heavy (non-hydrogen) atoms. The van der Waals surface area contributed by atoms with Gasteiger partial charge in [-0.25, -0.2) is 0 Å². The summed E-state index contributed by atoms with van der Waals surface area (Å²) in [6.45, 7) is 4.49. The number of hydrogen-bond acceptors (Lipinski definition) is 11. The minimum Gasteiger partial charge on any atom is -0.493 e. The predicted molar refractivity (Wildman–Crippen MR) is 197 cm³/mol. The lowest BCUT2D eigenvalue weighted by Crippen LogP contribution is -2.40. The largest absolute Gasteiger partial charge is 0.493 e. The molecule has 2 aromatic carbocycles. The Kier molecular flexibility index (Phi) is 11.8. The number of aromatic nitrogens is 3. The number of aryl methyl sites for hydroxylation is 1. The maximum absolute atomic E-state index is 13.6. The Morgan fingerprint density at radius 3 is 2.19 bits per heavy atom. The molecule has 1 amide bonds. The second kappa shape index (κ2) is 16.6. The summed E-state index contributed by atoms with van der Waals surface area (Å²) in [4.78, 5) is 40.9. The van der Waals surface area contributed by atoms with Crippen LogP contribution in [0.3, 0.4) is 0 Å². The van der Waals surface area contributed by atoms with Crippen molar-refractivity contribution in [2.24, 2.45) is 20.5 Å². The molecule has 0 aliphatic heterocycles. The molecule has 0 saturated carbocycles. The minimum atomic E-state index is -0.381. The van der Waals surface area contributed by atoms with Gasteiger partial charge in [0.25, 0.3) is 17.2 Å². The van der Waals surface area contributed by atoms with Gasteiger partial charge in [-0.15, -0.1) is 10.2 Å². The third kappa shape index (κ3) is 8.51. The zero-order valence-electron chi connectivity index (χ0n) is 29.6. The van der Waals surface area contributed by atoms with Gasteiger partial charge in [0, 0.05) is 36.0 Å². The molecule has 0 aliphatic rings. The van der Waals surface area contributed by atoms with E-state index < -0.39 is 0 Å². The Hall–Kier alpha value is -6.32. The van der Waals surface area contributed by atoms with E-state index in [1.165, 1.54) is 10.6 Å². The molecule has 5 rings (SSSR count). The van der Waals surface area contributed by atoms with E-state index in [1.807, 2.05) is 37.2 Å². The zero-order chi connectivity index (χ0) is 37.4. The van der Waals surface area contributed by atoms with Crippen LogP contribution in [0.25, 0.3) is 5.69 Å². The monoisotopic (exact) mass is 705 g/mol. The predicted octanol–water partition coefficient (Wildman–Crippen LogP) is 5.53. The van der Waals surface area contributed by atoms with Gasteiger partial charge in [-0.2, -0.15) is 14.8 Å². The lowest BCUT2D eigenvalue weighted by atomic mass is 10.2. The molecule has 0 spiro atoms. The molecule has 3 aromatic heterocycles. The first kappa shape index (κ1) is 36.9. The van der Waals surface area contributed by atoms with Crippen molar-refractivity contribution in [1.29, 1.82) is 0 Å². The van der Waals surface area contributed by atoms with Gasteiger partial charge in [0.1, 0.15) is 5.69 Å². The first-order valence-electron chi connectivity index (χ1n) is 16.5. The lowest BCUT2D eigenvalue weighted by molar-refractivity contribution is -0.597. The molecule has 5 aromatic rings. The van der Waals surface area contributed by atoms with E-state index in [9.17, 15) is 24.6 Å². The van der Waals surface area contributed by atoms with Gasteiger partial charge in [-0.3, -0.25) is 23.5 Å². The summed E-state index contributed by atoms with van der Waals surface area (Å²) < 4.78 is 4.16. The van der Waals surface area contributed by atoms with Crippen LogP contribution in [0.2, 0.25) is 0 Å². The van der Waals surface area contributed by atoms with Crippen molar-refractivity contribution in [2.45, 2.75) is 33.5 Å². The summed E-state index contributed by atoms with van der Waals surface area (Å²) in [6, 6.07) is 20.0. The number of benzene rings is 2. The fourth-order valence-corrected chi connectivity index (χ4v) is 5.43. The van der Waals surface area contributed by atoms with Gasteiger partial charge in [0.15, 0.2) is 18.1 Å². The number of azo groups is 2. The third-order valence-corrected chi connectivity index (χ3v) is 8.11. The van der Waals surface area contributed by atoms with Crippen molar-refractivity contribution in [3.8, 4) is 17.4 Å². The molecule has 15 heteroatoms. The van der Waals surface area contributed by atoms with Crippen LogP contribution >= 0.6 is 0 Å².